The van der Waals surface area contributed by atoms with Gasteiger partial charge in [0.15, 0.2) is 5.13 Å². The van der Waals surface area contributed by atoms with Crippen molar-refractivity contribution >= 4 is 59.5 Å². The number of fused-ring (bicyclic) bond motifs is 2. The minimum absolute atomic E-state index is 0.0471. The van der Waals surface area contributed by atoms with Crippen LogP contribution in [0.25, 0.3) is 21.2 Å². The Hall–Kier alpha value is -2.51. The fourth-order valence-corrected chi connectivity index (χ4v) is 3.76. The Kier molecular flexibility index (Phi) is 3.66. The highest BCUT2D eigenvalue weighted by Gasteiger charge is 2.16. The maximum atomic E-state index is 12.4. The molecule has 118 valence electrons. The Morgan fingerprint density at radius 3 is 2.92 bits per heavy atom. The van der Waals surface area contributed by atoms with Crippen LogP contribution in [0.2, 0.25) is 0 Å². The molecule has 2 aromatic heterocycles. The lowest BCUT2D eigenvalue weighted by Crippen LogP contribution is -2.21. The van der Waals surface area contributed by atoms with Crippen molar-refractivity contribution in [1.29, 1.82) is 0 Å². The number of rotatable bonds is 2. The summed E-state index contributed by atoms with van der Waals surface area (Å²) in [4.78, 5) is 29.2. The number of hydrogen-bond donors (Lipinski definition) is 1. The molecular weight excluding hydrogens is 392 g/mol. The Labute approximate surface area is 148 Å². The number of anilines is 1. The Balaban J connectivity index is 1.70. The standard InChI is InChI=1S/C17H9BrN2O3S/c18-9-5-6-12-14(7-9)24-17(19-12)20-16(22)11-8-23-13-4-2-1-3-10(13)15(11)21/h1-8H,(H,19,20,22). The third kappa shape index (κ3) is 2.61. The topological polar surface area (TPSA) is 72.2 Å². The number of aromatic nitrogens is 1. The van der Waals surface area contributed by atoms with E-state index in [1.807, 2.05) is 18.2 Å². The van der Waals surface area contributed by atoms with Crippen LogP contribution in [0.1, 0.15) is 10.4 Å². The lowest BCUT2D eigenvalue weighted by atomic mass is 10.1. The molecule has 2 heterocycles. The Morgan fingerprint density at radius 2 is 2.04 bits per heavy atom. The van der Waals surface area contributed by atoms with E-state index in [9.17, 15) is 9.59 Å². The second-order valence-corrected chi connectivity index (χ2v) is 7.01. The summed E-state index contributed by atoms with van der Waals surface area (Å²) in [5, 5.41) is 3.47. The van der Waals surface area contributed by atoms with E-state index < -0.39 is 5.91 Å². The lowest BCUT2D eigenvalue weighted by Gasteiger charge is -2.02. The third-order valence-corrected chi connectivity index (χ3v) is 4.92. The van der Waals surface area contributed by atoms with Crippen LogP contribution in [-0.2, 0) is 0 Å². The molecule has 0 unspecified atom stereocenters. The van der Waals surface area contributed by atoms with Gasteiger partial charge in [0, 0.05) is 4.47 Å². The zero-order valence-electron chi connectivity index (χ0n) is 12.1. The summed E-state index contributed by atoms with van der Waals surface area (Å²) in [6, 6.07) is 12.5. The first-order valence-corrected chi connectivity index (χ1v) is 8.61. The number of nitrogens with one attached hydrogen (secondary N) is 1. The van der Waals surface area contributed by atoms with Crippen molar-refractivity contribution in [3.05, 3.63) is 69.0 Å². The van der Waals surface area contributed by atoms with Crippen LogP contribution < -0.4 is 10.7 Å². The van der Waals surface area contributed by atoms with Gasteiger partial charge in [0.1, 0.15) is 17.4 Å². The van der Waals surface area contributed by atoms with Crippen molar-refractivity contribution in [2.75, 3.05) is 5.32 Å². The van der Waals surface area contributed by atoms with E-state index in [-0.39, 0.29) is 11.0 Å². The highest BCUT2D eigenvalue weighted by atomic mass is 79.9. The summed E-state index contributed by atoms with van der Waals surface area (Å²) in [5.74, 6) is -0.535. The van der Waals surface area contributed by atoms with Crippen LogP contribution in [0, 0.1) is 0 Å². The highest BCUT2D eigenvalue weighted by Crippen LogP contribution is 2.28. The third-order valence-electron chi connectivity index (χ3n) is 3.50. The highest BCUT2D eigenvalue weighted by molar-refractivity contribution is 9.10. The molecule has 0 aliphatic carbocycles. The molecule has 0 saturated carbocycles. The van der Waals surface area contributed by atoms with Gasteiger partial charge in [0.05, 0.1) is 15.6 Å². The molecular formula is C17H9BrN2O3S. The van der Waals surface area contributed by atoms with Gasteiger partial charge in [0.25, 0.3) is 5.91 Å². The van der Waals surface area contributed by atoms with Crippen molar-refractivity contribution in [2.24, 2.45) is 0 Å². The Bertz CT molecular complexity index is 1150. The number of carbonyl (C=O) groups excluding carboxylic acids is 1. The molecule has 4 aromatic rings. The summed E-state index contributed by atoms with van der Waals surface area (Å²) in [7, 11) is 0. The molecule has 1 amide bonds. The van der Waals surface area contributed by atoms with Gasteiger partial charge in [-0.3, -0.25) is 14.9 Å². The van der Waals surface area contributed by atoms with Crippen molar-refractivity contribution in [3.63, 3.8) is 0 Å². The molecule has 0 radical (unpaired) electrons. The van der Waals surface area contributed by atoms with E-state index in [0.29, 0.717) is 16.1 Å². The first-order valence-electron chi connectivity index (χ1n) is 7.00. The summed E-state index contributed by atoms with van der Waals surface area (Å²) >= 11 is 4.74. The number of hydrogen-bond acceptors (Lipinski definition) is 5. The zero-order valence-corrected chi connectivity index (χ0v) is 14.5. The Morgan fingerprint density at radius 1 is 1.21 bits per heavy atom. The van der Waals surface area contributed by atoms with Gasteiger partial charge < -0.3 is 4.42 Å². The van der Waals surface area contributed by atoms with Crippen molar-refractivity contribution in [1.82, 2.24) is 4.98 Å². The predicted molar refractivity (Wildman–Crippen MR) is 97.8 cm³/mol. The van der Waals surface area contributed by atoms with Crippen LogP contribution in [0.5, 0.6) is 0 Å². The van der Waals surface area contributed by atoms with E-state index in [2.05, 4.69) is 26.2 Å². The van der Waals surface area contributed by atoms with Crippen LogP contribution in [0.4, 0.5) is 5.13 Å². The van der Waals surface area contributed by atoms with Crippen LogP contribution >= 0.6 is 27.3 Å². The number of para-hydroxylation sites is 1. The molecule has 5 nitrogen and oxygen atoms in total. The van der Waals surface area contributed by atoms with Gasteiger partial charge in [-0.25, -0.2) is 4.98 Å². The molecule has 7 heteroatoms. The van der Waals surface area contributed by atoms with Gasteiger partial charge in [-0.2, -0.15) is 0 Å². The van der Waals surface area contributed by atoms with Gasteiger partial charge in [-0.05, 0) is 30.3 Å². The van der Waals surface area contributed by atoms with Gasteiger partial charge >= 0.3 is 0 Å². The second-order valence-electron chi connectivity index (χ2n) is 5.06. The number of carbonyl (C=O) groups is 1. The monoisotopic (exact) mass is 400 g/mol. The molecule has 0 aliphatic heterocycles. The number of benzene rings is 2. The molecule has 0 bridgehead atoms. The average molecular weight is 401 g/mol. The normalized spacial score (nSPS) is 11.0. The summed E-state index contributed by atoms with van der Waals surface area (Å²) < 4.78 is 7.25. The molecule has 0 fully saturated rings. The molecule has 24 heavy (non-hydrogen) atoms. The fourth-order valence-electron chi connectivity index (χ4n) is 2.35. The van der Waals surface area contributed by atoms with E-state index in [1.54, 1.807) is 24.3 Å². The van der Waals surface area contributed by atoms with Crippen molar-refractivity contribution in [2.45, 2.75) is 0 Å². The van der Waals surface area contributed by atoms with E-state index >= 15 is 0 Å². The zero-order chi connectivity index (χ0) is 16.7. The quantitative estimate of drug-likeness (QED) is 0.540. The van der Waals surface area contributed by atoms with Gasteiger partial charge in [0.2, 0.25) is 5.43 Å². The summed E-state index contributed by atoms with van der Waals surface area (Å²) in [6.45, 7) is 0. The molecule has 0 aliphatic rings. The minimum Gasteiger partial charge on any atom is -0.463 e. The number of amides is 1. The molecule has 0 saturated heterocycles. The van der Waals surface area contributed by atoms with Crippen molar-refractivity contribution in [3.8, 4) is 0 Å². The number of nitrogens with zero attached hydrogens (tertiary/aromatic N) is 1. The lowest BCUT2D eigenvalue weighted by molar-refractivity contribution is 0.102. The van der Waals surface area contributed by atoms with Gasteiger partial charge in [-0.15, -0.1) is 0 Å². The molecule has 4 rings (SSSR count). The molecule has 0 atom stereocenters. The average Bonchev–Trinajstić information content (AvgIpc) is 2.96. The summed E-state index contributed by atoms with van der Waals surface area (Å²) in [5.41, 5.74) is 0.820. The maximum Gasteiger partial charge on any atom is 0.264 e. The predicted octanol–water partition coefficient (Wildman–Crippen LogP) is 4.42. The maximum absolute atomic E-state index is 12.4. The van der Waals surface area contributed by atoms with Crippen LogP contribution in [0.3, 0.4) is 0 Å². The first kappa shape index (κ1) is 15.0. The summed E-state index contributed by atoms with van der Waals surface area (Å²) in [6.07, 6.45) is 1.18. The van der Waals surface area contributed by atoms with E-state index in [4.69, 9.17) is 4.42 Å². The SMILES string of the molecule is O=C(Nc1nc2ccc(Br)cc2s1)c1coc2ccccc2c1=O. The minimum atomic E-state index is -0.535. The smallest absolute Gasteiger partial charge is 0.264 e. The van der Waals surface area contributed by atoms with Crippen LogP contribution in [-0.4, -0.2) is 10.9 Å². The van der Waals surface area contributed by atoms with E-state index in [0.717, 1.165) is 14.7 Å². The molecule has 2 aromatic carbocycles. The number of thiazole rings is 1. The molecule has 1 N–H and O–H groups in total. The number of halogens is 1. The van der Waals surface area contributed by atoms with Gasteiger partial charge in [-0.1, -0.05) is 39.4 Å². The van der Waals surface area contributed by atoms with Crippen molar-refractivity contribution < 1.29 is 9.21 Å². The van der Waals surface area contributed by atoms with E-state index in [1.165, 1.54) is 17.6 Å². The largest absolute Gasteiger partial charge is 0.463 e. The first-order chi connectivity index (χ1) is 11.6. The second kappa shape index (κ2) is 5.85. The van der Waals surface area contributed by atoms with Crippen LogP contribution in [0.15, 0.2) is 62.4 Å². The molecule has 0 spiro atoms. The fraction of sp³-hybridized carbons (Fsp3) is 0.